The second kappa shape index (κ2) is 8.23. The third-order valence-corrected chi connectivity index (χ3v) is 3.92. The van der Waals surface area contributed by atoms with Crippen LogP contribution in [0.1, 0.15) is 0 Å². The molecule has 0 radical (unpaired) electrons. The minimum Gasteiger partial charge on any atom is -0.299 e. The normalized spacial score (nSPS) is 16.7. The molecular formula is C13H3F21O. The van der Waals surface area contributed by atoms with Gasteiger partial charge in [-0.1, -0.05) is 0 Å². The van der Waals surface area contributed by atoms with Crippen molar-refractivity contribution in [3.8, 4) is 0 Å². The number of alkyl halides is 21. The molecule has 0 N–H and O–H groups in total. The summed E-state index contributed by atoms with van der Waals surface area (Å²) in [5.74, 6) is -77.5. The molecule has 0 saturated heterocycles. The molecule has 0 bridgehead atoms. The summed E-state index contributed by atoms with van der Waals surface area (Å²) >= 11 is 0. The Balaban J connectivity index is 7.08. The van der Waals surface area contributed by atoms with Gasteiger partial charge in [0, 0.05) is 0 Å². The van der Waals surface area contributed by atoms with Crippen LogP contribution < -0.4 is 0 Å². The van der Waals surface area contributed by atoms with E-state index in [2.05, 4.69) is 0 Å². The molecule has 0 heterocycles. The largest absolute Gasteiger partial charge is 0.460 e. The van der Waals surface area contributed by atoms with E-state index in [9.17, 15) is 97.0 Å². The molecule has 1 nitrogen and oxygen atoms in total. The van der Waals surface area contributed by atoms with Crippen LogP contribution in [0.2, 0.25) is 0 Å². The Kier molecular flexibility index (Phi) is 7.75. The fourth-order valence-electron chi connectivity index (χ4n) is 1.84. The molecule has 0 aromatic carbocycles. The molecule has 0 aliphatic carbocycles. The minimum absolute atomic E-state index is 0.872. The van der Waals surface area contributed by atoms with E-state index in [1.54, 1.807) is 0 Å². The molecule has 0 aromatic heterocycles. The molecule has 0 aliphatic heterocycles. The summed E-state index contributed by atoms with van der Waals surface area (Å²) in [6, 6.07) is 0. The molecule has 0 rings (SSSR count). The Morgan fingerprint density at radius 3 is 0.800 bits per heavy atom. The first kappa shape index (κ1) is 32.9. The number of halogens is 21. The number of aldehydes is 1. The van der Waals surface area contributed by atoms with Crippen LogP contribution in [0, 0.1) is 0 Å². The fourth-order valence-corrected chi connectivity index (χ4v) is 1.84. The molecule has 0 fully saturated rings. The van der Waals surface area contributed by atoms with Crippen LogP contribution >= 0.6 is 0 Å². The number of rotatable bonds is 10. The SMILES string of the molecule is O=CC=CC(F)(F)C(F)(F)C(F)(F)C(F)(F)C(F)(F)C(F)(F)C(F)(F)C(F)(F)C(F)(F)C(F)(F)F. The van der Waals surface area contributed by atoms with E-state index >= 15 is 0 Å². The number of allylic oxidation sites excluding steroid dienone is 2. The maximum atomic E-state index is 13.4. The summed E-state index contributed by atoms with van der Waals surface area (Å²) in [5.41, 5.74) is 0. The first-order chi connectivity index (χ1) is 14.8. The molecule has 0 aromatic rings. The molecule has 0 atom stereocenters. The van der Waals surface area contributed by atoms with Crippen molar-refractivity contribution < 1.29 is 97.0 Å². The average molecular weight is 574 g/mol. The van der Waals surface area contributed by atoms with Crippen LogP contribution in [-0.2, 0) is 4.79 Å². The topological polar surface area (TPSA) is 17.1 Å². The molecular weight excluding hydrogens is 571 g/mol. The van der Waals surface area contributed by atoms with Crippen molar-refractivity contribution in [2.24, 2.45) is 0 Å². The van der Waals surface area contributed by atoms with Crippen LogP contribution in [0.25, 0.3) is 0 Å². The van der Waals surface area contributed by atoms with Crippen LogP contribution in [-0.4, -0.2) is 65.8 Å². The lowest BCUT2D eigenvalue weighted by molar-refractivity contribution is -0.473. The van der Waals surface area contributed by atoms with Gasteiger partial charge < -0.3 is 0 Å². The monoisotopic (exact) mass is 574 g/mol. The summed E-state index contributed by atoms with van der Waals surface area (Å²) in [6.07, 6.45) is -11.6. The fraction of sp³-hybridized carbons (Fsp3) is 0.769. The van der Waals surface area contributed by atoms with E-state index in [0.29, 0.717) is 0 Å². The summed E-state index contributed by atoms with van der Waals surface area (Å²) < 4.78 is 273. The lowest BCUT2D eigenvalue weighted by Crippen LogP contribution is -2.76. The van der Waals surface area contributed by atoms with Crippen LogP contribution in [0.3, 0.4) is 0 Å². The van der Waals surface area contributed by atoms with E-state index in [4.69, 9.17) is 0 Å². The van der Waals surface area contributed by atoms with Gasteiger partial charge in [-0.15, -0.1) is 0 Å². The first-order valence-electron chi connectivity index (χ1n) is 7.41. The van der Waals surface area contributed by atoms with Gasteiger partial charge in [-0.05, 0) is 12.2 Å². The van der Waals surface area contributed by atoms with E-state index in [1.165, 1.54) is 0 Å². The standard InChI is InChI=1S/C13H3F21O/c14-4(15,2-1-3-35)5(16,17)6(18,19)7(20,21)8(22,23)9(24,25)10(26,27)11(28,29)12(30,31)13(32,33)34/h1-3H. The van der Waals surface area contributed by atoms with Gasteiger partial charge >= 0.3 is 59.5 Å². The number of carbonyl (C=O) groups is 1. The summed E-state index contributed by atoms with van der Waals surface area (Å²) in [6.45, 7) is 0. The third-order valence-electron chi connectivity index (χ3n) is 3.92. The maximum Gasteiger partial charge on any atom is 0.460 e. The van der Waals surface area contributed by atoms with E-state index in [0.717, 1.165) is 0 Å². The second-order valence-electron chi connectivity index (χ2n) is 6.21. The first-order valence-corrected chi connectivity index (χ1v) is 7.41. The van der Waals surface area contributed by atoms with E-state index < -0.39 is 77.9 Å². The third kappa shape index (κ3) is 4.06. The Morgan fingerprint density at radius 2 is 0.571 bits per heavy atom. The van der Waals surface area contributed by atoms with Gasteiger partial charge in [0.25, 0.3) is 0 Å². The van der Waals surface area contributed by atoms with Gasteiger partial charge in [0.1, 0.15) is 6.29 Å². The van der Waals surface area contributed by atoms with Crippen molar-refractivity contribution >= 4 is 6.29 Å². The molecule has 0 unspecified atom stereocenters. The van der Waals surface area contributed by atoms with Gasteiger partial charge in [-0.25, -0.2) is 0 Å². The molecule has 0 saturated carbocycles. The quantitative estimate of drug-likeness (QED) is 0.156. The highest BCUT2D eigenvalue weighted by atomic mass is 19.4. The smallest absolute Gasteiger partial charge is 0.299 e. The van der Waals surface area contributed by atoms with Gasteiger partial charge in [-0.3, -0.25) is 4.79 Å². The highest BCUT2D eigenvalue weighted by Crippen LogP contribution is 2.66. The summed E-state index contributed by atoms with van der Waals surface area (Å²) in [7, 11) is 0. The highest BCUT2D eigenvalue weighted by molar-refractivity contribution is 5.65. The lowest BCUT2D eigenvalue weighted by Gasteiger charge is -2.44. The Morgan fingerprint density at radius 1 is 0.343 bits per heavy atom. The Bertz CT molecular complexity index is 816. The van der Waals surface area contributed by atoms with Gasteiger partial charge in [0.05, 0.1) is 0 Å². The van der Waals surface area contributed by atoms with Crippen molar-refractivity contribution in [2.45, 2.75) is 59.5 Å². The van der Waals surface area contributed by atoms with Crippen molar-refractivity contribution in [3.05, 3.63) is 12.2 Å². The Hall–Kier alpha value is -2.06. The predicted octanol–water partition coefficient (Wildman–Crippen LogP) is 7.02. The second-order valence-corrected chi connectivity index (χ2v) is 6.21. The van der Waals surface area contributed by atoms with Crippen molar-refractivity contribution in [1.82, 2.24) is 0 Å². The van der Waals surface area contributed by atoms with Gasteiger partial charge in [0.2, 0.25) is 0 Å². The molecule has 0 aliphatic rings. The van der Waals surface area contributed by atoms with Gasteiger partial charge in [0.15, 0.2) is 0 Å². The predicted molar refractivity (Wildman–Crippen MR) is 65.8 cm³/mol. The molecule has 22 heteroatoms. The molecule has 0 spiro atoms. The zero-order valence-corrected chi connectivity index (χ0v) is 15.1. The van der Waals surface area contributed by atoms with Gasteiger partial charge in [-0.2, -0.15) is 92.2 Å². The van der Waals surface area contributed by atoms with Crippen molar-refractivity contribution in [1.29, 1.82) is 0 Å². The van der Waals surface area contributed by atoms with Crippen molar-refractivity contribution in [3.63, 3.8) is 0 Å². The van der Waals surface area contributed by atoms with Crippen LogP contribution in [0.15, 0.2) is 12.2 Å². The van der Waals surface area contributed by atoms with Crippen molar-refractivity contribution in [2.75, 3.05) is 0 Å². The molecule has 35 heavy (non-hydrogen) atoms. The summed E-state index contributed by atoms with van der Waals surface area (Å²) in [4.78, 5) is 9.76. The lowest BCUT2D eigenvalue weighted by atomic mass is 9.86. The number of hydrogen-bond donors (Lipinski definition) is 0. The summed E-state index contributed by atoms with van der Waals surface area (Å²) in [5, 5.41) is 0. The zero-order valence-electron chi connectivity index (χ0n) is 15.1. The molecule has 0 amide bonds. The average Bonchev–Trinajstić information content (AvgIpc) is 2.64. The van der Waals surface area contributed by atoms with Crippen LogP contribution in [0.5, 0.6) is 0 Å². The zero-order chi connectivity index (χ0) is 29.1. The number of carbonyl (C=O) groups excluding carboxylic acids is 1. The number of hydrogen-bond acceptors (Lipinski definition) is 1. The van der Waals surface area contributed by atoms with Crippen LogP contribution in [0.4, 0.5) is 92.2 Å². The molecule has 208 valence electrons. The maximum absolute atomic E-state index is 13.4. The Labute approximate surface area is 176 Å². The van der Waals surface area contributed by atoms with E-state index in [-0.39, 0.29) is 0 Å². The van der Waals surface area contributed by atoms with E-state index in [1.807, 2.05) is 0 Å². The highest BCUT2D eigenvalue weighted by Gasteiger charge is 2.97. The minimum atomic E-state index is -9.20.